The summed E-state index contributed by atoms with van der Waals surface area (Å²) in [5, 5.41) is 3.99. The van der Waals surface area contributed by atoms with E-state index in [2.05, 4.69) is 116 Å². The molecule has 0 saturated carbocycles. The van der Waals surface area contributed by atoms with Crippen molar-refractivity contribution in [3.8, 4) is 33.6 Å². The molecule has 0 saturated heterocycles. The summed E-state index contributed by atoms with van der Waals surface area (Å²) in [7, 11) is -8.20. The third-order valence-corrected chi connectivity index (χ3v) is 38.3. The molecular weight excluding hydrogens is 1640 g/mol. The number of nitrogens with zero attached hydrogens (tertiary/aromatic N) is 4. The number of anilines is 5. The average molecular weight is 1770 g/mol. The topological polar surface area (TPSA) is 16.3 Å². The minimum Gasteiger partial charge on any atom is -0.334 e. The molecule has 0 N–H and O–H groups in total. The Morgan fingerprint density at radius 2 is 0.805 bits per heavy atom. The molecule has 4 heterocycles. The number of para-hydroxylation sites is 2. The van der Waals surface area contributed by atoms with Gasteiger partial charge in [-0.2, -0.15) is 0 Å². The van der Waals surface area contributed by atoms with E-state index in [0.29, 0.717) is 46.5 Å². The van der Waals surface area contributed by atoms with Gasteiger partial charge in [-0.1, -0.05) is 407 Å². The zero-order valence-corrected chi connectivity index (χ0v) is 78.5. The number of hydrogen-bond donors (Lipinski definition) is 0. The fraction of sp³-hybridized carbons (Fsp3) is 0.190. The van der Waals surface area contributed by atoms with Crippen LogP contribution < -0.4 is 67.7 Å². The average Bonchev–Trinajstić information content (AvgIpc) is 1.68. The van der Waals surface area contributed by atoms with E-state index in [1.54, 1.807) is 0 Å². The summed E-state index contributed by atoms with van der Waals surface area (Å²) in [5.74, 6) is -0.564. The van der Waals surface area contributed by atoms with Crippen LogP contribution in [-0.4, -0.2) is 38.0 Å². The zero-order chi connectivity index (χ0) is 107. The van der Waals surface area contributed by atoms with Gasteiger partial charge in [0.25, 0.3) is 6.71 Å². The van der Waals surface area contributed by atoms with E-state index in [0.717, 1.165) is 97.5 Å². The summed E-state index contributed by atoms with van der Waals surface area (Å²) < 4.78 is 224. The Morgan fingerprint density at radius 1 is 0.383 bits per heavy atom. The molecule has 3 aliphatic carbocycles. The van der Waals surface area contributed by atoms with Gasteiger partial charge in [0.2, 0.25) is 0 Å². The Morgan fingerprint density at radius 3 is 1.23 bits per heavy atom. The van der Waals surface area contributed by atoms with Crippen LogP contribution in [0.1, 0.15) is 152 Å². The summed E-state index contributed by atoms with van der Waals surface area (Å²) in [6.45, 7) is 18.1. The molecule has 5 aliphatic rings. The molecule has 18 aromatic rings. The summed E-state index contributed by atoms with van der Waals surface area (Å²) in [4.78, 5) is 4.30. The fourth-order valence-corrected chi connectivity index (χ4v) is 31.6. The van der Waals surface area contributed by atoms with Crippen molar-refractivity contribution in [1.82, 2.24) is 9.13 Å². The first-order chi connectivity index (χ1) is 73.3. The van der Waals surface area contributed by atoms with E-state index in [9.17, 15) is 27.4 Å². The van der Waals surface area contributed by atoms with E-state index >= 15 is 0 Å². The number of hydrogen-bond acceptors (Lipinski definition) is 2. The molecule has 0 bridgehead atoms. The number of fused-ring (bicyclic) bond motifs is 10. The molecule has 2 aromatic heterocycles. The third kappa shape index (κ3) is 14.0. The summed E-state index contributed by atoms with van der Waals surface area (Å²) >= 11 is 0. The Balaban J connectivity index is 0.934. The number of allylic oxidation sites excluding steroid dienone is 4. The number of aromatic nitrogens is 2. The van der Waals surface area contributed by atoms with Crippen LogP contribution in [0.5, 0.6) is 0 Å². The molecule has 16 aromatic carbocycles. The third-order valence-electron chi connectivity index (χ3n) is 29.1. The normalized spacial score (nSPS) is 19.1. The summed E-state index contributed by atoms with van der Waals surface area (Å²) in [6, 6.07) is 74.2. The van der Waals surface area contributed by atoms with Crippen molar-refractivity contribution < 1.29 is 27.4 Å². The van der Waals surface area contributed by atoms with E-state index in [-0.39, 0.29) is 112 Å². The minimum atomic E-state index is -4.10. The first kappa shape index (κ1) is 64.3. The van der Waals surface area contributed by atoms with Gasteiger partial charge in [-0.3, -0.25) is 0 Å². The number of benzene rings is 16. The Kier molecular flexibility index (Phi) is 16.1. The molecule has 0 amide bonds. The fourth-order valence-electron chi connectivity index (χ4n) is 22.6. The first-order valence-corrected chi connectivity index (χ1v) is 51.1. The lowest BCUT2D eigenvalue weighted by atomic mass is 9.33. The Hall–Kier alpha value is -13.6. The highest BCUT2D eigenvalue weighted by molar-refractivity contribution is 7.20. The predicted octanol–water partition coefficient (Wildman–Crippen LogP) is 25.1. The minimum absolute atomic E-state index is 0.00542. The van der Waals surface area contributed by atoms with Crippen molar-refractivity contribution in [3.05, 3.63) is 434 Å². The maximum Gasteiger partial charge on any atom is 0.252 e. The maximum atomic E-state index is 12.5. The molecule has 4 unspecified atom stereocenters. The second-order valence-corrected chi connectivity index (χ2v) is 47.3. The smallest absolute Gasteiger partial charge is 0.252 e. The van der Waals surface area contributed by atoms with Gasteiger partial charge in [0.15, 0.2) is 16.1 Å². The Labute approximate surface area is 816 Å². The van der Waals surface area contributed by atoms with Gasteiger partial charge in [0.1, 0.15) is 0 Å². The van der Waals surface area contributed by atoms with Crippen LogP contribution in [0.2, 0.25) is 0 Å². The molecule has 23 rings (SSSR count). The number of rotatable bonds is 16. The monoisotopic (exact) mass is 1770 g/mol. The van der Waals surface area contributed by atoms with Crippen LogP contribution in [0.15, 0.2) is 423 Å². The summed E-state index contributed by atoms with van der Waals surface area (Å²) in [6.07, 6.45) is 15.4. The predicted molar refractivity (Wildman–Crippen MR) is 574 cm³/mol. The van der Waals surface area contributed by atoms with E-state index in [4.69, 9.17) is 0 Å². The first-order valence-electron chi connectivity index (χ1n) is 57.1. The van der Waals surface area contributed by atoms with Crippen molar-refractivity contribution in [2.45, 2.75) is 131 Å². The van der Waals surface area contributed by atoms with Crippen LogP contribution in [0, 0.1) is 23.2 Å². The van der Waals surface area contributed by atoms with Gasteiger partial charge in [-0.15, -0.1) is 0 Å². The standard InChI is InChI=1S/C126H115BN4Si2/c1-124(2,3)90-76-105(86-44-20-10-21-45-86)122(106(77-90)87-46-22-11-23-47-87)130-117-82-93(128-113-66-42-40-64-103(113)109-84-101(70-74-115(109)128)132(95-52-28-14-29-53-95,96-54-30-15-31-55-96)97-56-32-16-33-57-97)68-72-111(117)127-112-73-69-94(129-114-67-43-41-65-104(114)110-85-102(71-75-116(110)129)133(98-58-34-17-35-59-98,99-60-36-18-37-61-99)100-62-38-19-39-63-100)83-118(112)131(120-81-92(126(7,8)9)80-119(130)121(120)127)123-107(88-48-24-12-25-49-88)78-91(125(4,5)6)79-108(123)89-50-26-13-27-51-89/h10-12,14-24,28-47,50,52-78,80-85,88,91,108,123H,13,25-27,48-49,51,79H2,1-9H3/i40D,41D,42D,43D,64D,65D,66D,67D,68D,69D,70D,71D,72D,73D,74D,75D,82D,83D,84D,85D. The van der Waals surface area contributed by atoms with Gasteiger partial charge >= 0.3 is 0 Å². The van der Waals surface area contributed by atoms with Crippen molar-refractivity contribution >= 4 is 153 Å². The molecule has 7 heteroatoms. The molecule has 4 nitrogen and oxygen atoms in total. The second kappa shape index (κ2) is 33.3. The van der Waals surface area contributed by atoms with E-state index in [1.807, 2.05) is 248 Å². The van der Waals surface area contributed by atoms with Crippen molar-refractivity contribution in [1.29, 1.82) is 0 Å². The van der Waals surface area contributed by atoms with Crippen molar-refractivity contribution in [2.75, 3.05) is 9.80 Å². The van der Waals surface area contributed by atoms with Crippen LogP contribution in [0.3, 0.4) is 0 Å². The second-order valence-electron chi connectivity index (χ2n) is 39.9. The highest BCUT2D eigenvalue weighted by Crippen LogP contribution is 2.56. The van der Waals surface area contributed by atoms with Gasteiger partial charge in [0, 0.05) is 72.7 Å². The highest BCUT2D eigenvalue weighted by atomic mass is 28.3. The lowest BCUT2D eigenvalue weighted by molar-refractivity contribution is 0.220. The van der Waals surface area contributed by atoms with Crippen LogP contribution in [0.25, 0.3) is 77.2 Å². The van der Waals surface area contributed by atoms with E-state index in [1.165, 1.54) is 14.7 Å². The lowest BCUT2D eigenvalue weighted by Crippen LogP contribution is -2.74. The van der Waals surface area contributed by atoms with Gasteiger partial charge < -0.3 is 18.9 Å². The van der Waals surface area contributed by atoms with Crippen molar-refractivity contribution in [3.63, 3.8) is 0 Å². The quantitative estimate of drug-likeness (QED) is 0.0545. The highest BCUT2D eigenvalue weighted by Gasteiger charge is 2.52. The lowest BCUT2D eigenvalue weighted by Gasteiger charge is -2.53. The van der Waals surface area contributed by atoms with Gasteiger partial charge in [0.05, 0.1) is 61.2 Å². The van der Waals surface area contributed by atoms with Gasteiger partial charge in [-0.25, -0.2) is 0 Å². The van der Waals surface area contributed by atoms with Gasteiger partial charge in [-0.05, 0) is 238 Å². The molecule has 2 aliphatic heterocycles. The molecule has 4 atom stereocenters. The largest absolute Gasteiger partial charge is 0.334 e. The SMILES string of the molecule is [2H]c1c([2H])c(-n2c3c([2H])c([2H])c([2H])c([2H])c3c3c([2H])c([Si](c4ccccc4)(c4ccccc4)c4ccccc4)c([2H])c([2H])c32)c([2H])c2c1B1c3c(cc(C(C)(C)C)cc3N(C3C(C4CC=CCC4)=CC(C(C)(C)C)CC3C3=CCCCC3)c3c([2H])c(-n4c5c([2H])c([2H])c([2H])c([2H])c5c5c([2H])c([Si](c6ccccc6)(c6ccccc6)c6ccccc6)c([2H])c([2H])c54)c([2H])c([2H])c31)N2c1c(-c2ccccc2)cc(C(C)(C)C)cc1-c1ccccc1. The van der Waals surface area contributed by atoms with Crippen LogP contribution in [0.4, 0.5) is 28.4 Å². The zero-order valence-electron chi connectivity index (χ0n) is 96.5. The van der Waals surface area contributed by atoms with Crippen LogP contribution >= 0.6 is 0 Å². The summed E-state index contributed by atoms with van der Waals surface area (Å²) in [5.41, 5.74) is 4.64. The molecule has 0 radical (unpaired) electrons. The van der Waals surface area contributed by atoms with E-state index < -0.39 is 160 Å². The maximum absolute atomic E-state index is 12.5. The Bertz CT molecular complexity index is 8620. The molecule has 133 heavy (non-hydrogen) atoms. The molecular formula is C126H115BN4Si2. The van der Waals surface area contributed by atoms with Crippen LogP contribution in [-0.2, 0) is 10.8 Å². The van der Waals surface area contributed by atoms with Crippen molar-refractivity contribution in [2.24, 2.45) is 23.2 Å². The molecule has 0 spiro atoms. The molecule has 0 fully saturated rings. The molecule has 650 valence electrons.